The van der Waals surface area contributed by atoms with Crippen LogP contribution in [0.25, 0.3) is 0 Å². The maximum absolute atomic E-state index is 12.9. The van der Waals surface area contributed by atoms with Gasteiger partial charge in [-0.3, -0.25) is 4.79 Å². The Morgan fingerprint density at radius 1 is 1.40 bits per heavy atom. The number of halogens is 3. The van der Waals surface area contributed by atoms with Gasteiger partial charge in [0.25, 0.3) is 5.95 Å². The summed E-state index contributed by atoms with van der Waals surface area (Å²) in [6.07, 6.45) is 0.139. The van der Waals surface area contributed by atoms with E-state index in [4.69, 9.17) is 0 Å². The molecular formula is C9H8F3NOS. The summed E-state index contributed by atoms with van der Waals surface area (Å²) >= 11 is 0.995. The Kier molecular flexibility index (Phi) is 4.14. The predicted molar refractivity (Wildman–Crippen MR) is 51.0 cm³/mol. The van der Waals surface area contributed by atoms with Crippen molar-refractivity contribution in [2.75, 3.05) is 5.75 Å². The maximum atomic E-state index is 12.9. The molecule has 0 aliphatic rings. The highest BCUT2D eigenvalue weighted by Crippen LogP contribution is 2.13. The van der Waals surface area contributed by atoms with Crippen LogP contribution in [0.15, 0.2) is 6.07 Å². The largest absolute Gasteiger partial charge is 0.288 e. The molecule has 0 saturated heterocycles. The van der Waals surface area contributed by atoms with E-state index < -0.39 is 17.7 Å². The molecule has 0 atom stereocenters. The summed E-state index contributed by atoms with van der Waals surface area (Å²) < 4.78 is 38.0. The van der Waals surface area contributed by atoms with Crippen molar-refractivity contribution in [1.82, 2.24) is 4.98 Å². The maximum Gasteiger partial charge on any atom is 0.251 e. The number of pyridine rings is 1. The van der Waals surface area contributed by atoms with E-state index in [0.717, 1.165) is 17.8 Å². The van der Waals surface area contributed by atoms with Gasteiger partial charge in [0, 0.05) is 18.2 Å². The minimum absolute atomic E-state index is 0.0253. The number of hydrogen-bond donors (Lipinski definition) is 0. The molecule has 1 aromatic rings. The minimum atomic E-state index is -1.45. The van der Waals surface area contributed by atoms with Crippen molar-refractivity contribution in [2.24, 2.45) is 0 Å². The molecule has 1 rings (SSSR count). The molecule has 0 aliphatic carbocycles. The fraction of sp³-hybridized carbons (Fsp3) is 0.333. The average molecular weight is 235 g/mol. The second kappa shape index (κ2) is 5.16. The molecule has 0 saturated carbocycles. The summed E-state index contributed by atoms with van der Waals surface area (Å²) in [4.78, 5) is 13.3. The van der Waals surface area contributed by atoms with Gasteiger partial charge in [-0.05, 0) is 12.5 Å². The quantitative estimate of drug-likeness (QED) is 0.753. The van der Waals surface area contributed by atoms with Crippen LogP contribution in [-0.4, -0.2) is 15.9 Å². The lowest BCUT2D eigenvalue weighted by Crippen LogP contribution is -2.02. The van der Waals surface area contributed by atoms with E-state index in [1.165, 1.54) is 6.92 Å². The summed E-state index contributed by atoms with van der Waals surface area (Å²) in [6, 6.07) is 0.762. The first kappa shape index (κ1) is 12.0. The van der Waals surface area contributed by atoms with Crippen molar-refractivity contribution in [2.45, 2.75) is 13.3 Å². The van der Waals surface area contributed by atoms with E-state index >= 15 is 0 Å². The number of nitrogens with zero attached hydrogens (tertiary/aromatic N) is 1. The van der Waals surface area contributed by atoms with Gasteiger partial charge < -0.3 is 0 Å². The van der Waals surface area contributed by atoms with E-state index in [2.05, 4.69) is 4.98 Å². The zero-order valence-corrected chi connectivity index (χ0v) is 8.71. The molecule has 0 bridgehead atoms. The van der Waals surface area contributed by atoms with Crippen molar-refractivity contribution >= 4 is 16.9 Å². The van der Waals surface area contributed by atoms with Crippen LogP contribution in [0.4, 0.5) is 13.2 Å². The fourth-order valence-corrected chi connectivity index (χ4v) is 1.57. The van der Waals surface area contributed by atoms with Gasteiger partial charge in [0.15, 0.2) is 10.9 Å². The van der Waals surface area contributed by atoms with Crippen molar-refractivity contribution in [1.29, 1.82) is 0 Å². The normalized spacial score (nSPS) is 10.4. The highest BCUT2D eigenvalue weighted by molar-refractivity contribution is 8.13. The molecule has 15 heavy (non-hydrogen) atoms. The molecule has 0 fully saturated rings. The fourth-order valence-electron chi connectivity index (χ4n) is 0.963. The molecule has 0 N–H and O–H groups in total. The molecule has 0 radical (unpaired) electrons. The molecule has 0 unspecified atom stereocenters. The second-order valence-corrected chi connectivity index (χ2v) is 4.07. The second-order valence-electron chi connectivity index (χ2n) is 2.80. The molecule has 82 valence electrons. The third-order valence-corrected chi connectivity index (χ3v) is 2.45. The minimum Gasteiger partial charge on any atom is -0.288 e. The van der Waals surface area contributed by atoms with Gasteiger partial charge in [0.2, 0.25) is 5.95 Å². The highest BCUT2D eigenvalue weighted by atomic mass is 32.2. The molecule has 6 heteroatoms. The number of carbonyl (C=O) groups is 1. The summed E-state index contributed by atoms with van der Waals surface area (Å²) in [6.45, 7) is 1.38. The first-order valence-electron chi connectivity index (χ1n) is 4.14. The van der Waals surface area contributed by atoms with Gasteiger partial charge in [-0.1, -0.05) is 11.8 Å². The Morgan fingerprint density at radius 3 is 2.67 bits per heavy atom. The van der Waals surface area contributed by atoms with Gasteiger partial charge in [-0.25, -0.2) is 4.39 Å². The van der Waals surface area contributed by atoms with Crippen molar-refractivity contribution in [3.05, 3.63) is 29.3 Å². The van der Waals surface area contributed by atoms with E-state index in [-0.39, 0.29) is 17.1 Å². The van der Waals surface area contributed by atoms with Crippen LogP contribution < -0.4 is 0 Å². The number of carbonyl (C=O) groups excluding carboxylic acids is 1. The number of aryl methyl sites for hydroxylation is 1. The SMILES string of the molecule is CC(=O)SCCc1cc(F)c(F)nc1F. The summed E-state index contributed by atoms with van der Waals surface area (Å²) in [5.41, 5.74) is -0.0253. The van der Waals surface area contributed by atoms with Crippen molar-refractivity contribution in [3.8, 4) is 0 Å². The van der Waals surface area contributed by atoms with Crippen LogP contribution in [-0.2, 0) is 11.2 Å². The smallest absolute Gasteiger partial charge is 0.251 e. The van der Waals surface area contributed by atoms with Crippen molar-refractivity contribution < 1.29 is 18.0 Å². The first-order chi connectivity index (χ1) is 7.00. The number of thioether (sulfide) groups is 1. The lowest BCUT2D eigenvalue weighted by Gasteiger charge is -2.01. The van der Waals surface area contributed by atoms with Crippen LogP contribution in [0, 0.1) is 17.7 Å². The standard InChI is InChI=1S/C9H8F3NOS/c1-5(14)15-3-2-6-4-7(10)9(12)13-8(6)11/h4H,2-3H2,1H3. The van der Waals surface area contributed by atoms with E-state index in [1.807, 2.05) is 0 Å². The molecular weight excluding hydrogens is 227 g/mol. The zero-order chi connectivity index (χ0) is 11.4. The zero-order valence-electron chi connectivity index (χ0n) is 7.89. The van der Waals surface area contributed by atoms with Crippen LogP contribution in [0.2, 0.25) is 0 Å². The van der Waals surface area contributed by atoms with Gasteiger partial charge >= 0.3 is 0 Å². The molecule has 1 heterocycles. The topological polar surface area (TPSA) is 30.0 Å². The average Bonchev–Trinajstić information content (AvgIpc) is 2.13. The van der Waals surface area contributed by atoms with E-state index in [1.54, 1.807) is 0 Å². The van der Waals surface area contributed by atoms with Gasteiger partial charge in [0.05, 0.1) is 0 Å². The first-order valence-corrected chi connectivity index (χ1v) is 5.13. The van der Waals surface area contributed by atoms with Gasteiger partial charge in [-0.15, -0.1) is 0 Å². The Labute approximate surface area is 88.9 Å². The number of rotatable bonds is 3. The third-order valence-electron chi connectivity index (χ3n) is 1.64. The molecule has 2 nitrogen and oxygen atoms in total. The Balaban J connectivity index is 2.69. The van der Waals surface area contributed by atoms with Crippen LogP contribution in [0.5, 0.6) is 0 Å². The van der Waals surface area contributed by atoms with Crippen LogP contribution in [0.3, 0.4) is 0 Å². The Hall–Kier alpha value is -1.04. The van der Waals surface area contributed by atoms with Gasteiger partial charge in [0.1, 0.15) is 0 Å². The van der Waals surface area contributed by atoms with Crippen LogP contribution >= 0.6 is 11.8 Å². The van der Waals surface area contributed by atoms with Crippen LogP contribution in [0.1, 0.15) is 12.5 Å². The number of aromatic nitrogens is 1. The monoisotopic (exact) mass is 235 g/mol. The molecule has 0 amide bonds. The van der Waals surface area contributed by atoms with Crippen molar-refractivity contribution in [3.63, 3.8) is 0 Å². The van der Waals surface area contributed by atoms with E-state index in [9.17, 15) is 18.0 Å². The lowest BCUT2D eigenvalue weighted by molar-refractivity contribution is -0.109. The summed E-state index contributed by atoms with van der Waals surface area (Å²) in [5.74, 6) is -3.34. The summed E-state index contributed by atoms with van der Waals surface area (Å²) in [5, 5.41) is -0.106. The van der Waals surface area contributed by atoms with Gasteiger partial charge in [-0.2, -0.15) is 13.8 Å². The Bertz CT molecular complexity index is 384. The molecule has 0 aliphatic heterocycles. The third kappa shape index (κ3) is 3.54. The lowest BCUT2D eigenvalue weighted by atomic mass is 10.2. The molecule has 1 aromatic heterocycles. The highest BCUT2D eigenvalue weighted by Gasteiger charge is 2.11. The number of hydrogen-bond acceptors (Lipinski definition) is 3. The predicted octanol–water partition coefficient (Wildman–Crippen LogP) is 2.32. The molecule has 0 aromatic carbocycles. The molecule has 0 spiro atoms. The van der Waals surface area contributed by atoms with E-state index in [0.29, 0.717) is 5.75 Å². The Morgan fingerprint density at radius 2 is 2.07 bits per heavy atom. The summed E-state index contributed by atoms with van der Waals surface area (Å²) in [7, 11) is 0.